The molecule has 2 nitrogen and oxygen atoms in total. The molecule has 1 aromatic heterocycles. The summed E-state index contributed by atoms with van der Waals surface area (Å²) in [6, 6.07) is 1.69. The first-order valence-corrected chi connectivity index (χ1v) is 5.07. The van der Waals surface area contributed by atoms with Crippen molar-refractivity contribution in [3.05, 3.63) is 24.3 Å². The van der Waals surface area contributed by atoms with E-state index in [9.17, 15) is 4.39 Å². The maximum absolute atomic E-state index is 13.3. The molecule has 1 aliphatic rings. The fraction of sp³-hybridized carbons (Fsp3) is 0.545. The number of pyridine rings is 1. The van der Waals surface area contributed by atoms with Crippen LogP contribution >= 0.6 is 0 Å². The molecule has 0 aliphatic heterocycles. The lowest BCUT2D eigenvalue weighted by atomic mass is 10.0. The van der Waals surface area contributed by atoms with Crippen molar-refractivity contribution >= 4 is 5.69 Å². The van der Waals surface area contributed by atoms with E-state index in [1.807, 2.05) is 0 Å². The number of hydrogen-bond acceptors (Lipinski definition) is 2. The van der Waals surface area contributed by atoms with Gasteiger partial charge in [0, 0.05) is 11.7 Å². The number of nitrogens with zero attached hydrogens (tertiary/aromatic N) is 1. The molecule has 0 amide bonds. The van der Waals surface area contributed by atoms with E-state index < -0.39 is 0 Å². The van der Waals surface area contributed by atoms with E-state index in [0.717, 1.165) is 12.8 Å². The van der Waals surface area contributed by atoms with Crippen LogP contribution in [0, 0.1) is 5.82 Å². The van der Waals surface area contributed by atoms with Crippen LogP contribution in [0.15, 0.2) is 18.5 Å². The fourth-order valence-corrected chi connectivity index (χ4v) is 2.08. The summed E-state index contributed by atoms with van der Waals surface area (Å²) < 4.78 is 13.3. The Labute approximate surface area is 83.6 Å². The summed E-state index contributed by atoms with van der Waals surface area (Å²) in [5.74, 6) is -0.263. The van der Waals surface area contributed by atoms with Crippen molar-refractivity contribution in [2.45, 2.75) is 38.1 Å². The molecular formula is C11H15FN2. The molecule has 1 aromatic rings. The molecule has 1 heterocycles. The summed E-state index contributed by atoms with van der Waals surface area (Å²) in [5.41, 5.74) is 0.645. The predicted molar refractivity (Wildman–Crippen MR) is 54.7 cm³/mol. The van der Waals surface area contributed by atoms with Gasteiger partial charge in [-0.25, -0.2) is 4.39 Å². The minimum atomic E-state index is -0.263. The van der Waals surface area contributed by atoms with Crippen LogP contribution in [-0.2, 0) is 0 Å². The lowest BCUT2D eigenvalue weighted by molar-refractivity contribution is 0.524. The molecule has 3 heteroatoms. The molecule has 0 saturated heterocycles. The Morgan fingerprint density at radius 3 is 2.79 bits per heavy atom. The van der Waals surface area contributed by atoms with E-state index >= 15 is 0 Å². The predicted octanol–water partition coefficient (Wildman–Crippen LogP) is 2.97. The average molecular weight is 194 g/mol. The van der Waals surface area contributed by atoms with Crippen molar-refractivity contribution in [3.63, 3.8) is 0 Å². The average Bonchev–Trinajstić information content (AvgIpc) is 2.57. The molecule has 14 heavy (non-hydrogen) atoms. The lowest BCUT2D eigenvalue weighted by Gasteiger charge is -2.26. The minimum Gasteiger partial charge on any atom is -0.377 e. The van der Waals surface area contributed by atoms with Gasteiger partial charge in [-0.1, -0.05) is 12.8 Å². The summed E-state index contributed by atoms with van der Waals surface area (Å²) in [6.07, 6.45) is 7.57. The van der Waals surface area contributed by atoms with Gasteiger partial charge in [-0.15, -0.1) is 0 Å². The van der Waals surface area contributed by atoms with Gasteiger partial charge in [-0.05, 0) is 25.8 Å². The zero-order valence-corrected chi connectivity index (χ0v) is 8.39. The van der Waals surface area contributed by atoms with E-state index in [2.05, 4.69) is 17.2 Å². The molecule has 0 spiro atoms. The van der Waals surface area contributed by atoms with Crippen molar-refractivity contribution in [1.82, 2.24) is 4.98 Å². The Hall–Kier alpha value is -1.12. The number of hydrogen-bond donors (Lipinski definition) is 1. The highest BCUT2D eigenvalue weighted by Crippen LogP contribution is 2.32. The smallest absolute Gasteiger partial charge is 0.164 e. The Kier molecular flexibility index (Phi) is 2.40. The van der Waals surface area contributed by atoms with Crippen LogP contribution in [0.2, 0.25) is 0 Å². The molecule has 76 valence electrons. The van der Waals surface area contributed by atoms with Crippen LogP contribution in [0.3, 0.4) is 0 Å². The van der Waals surface area contributed by atoms with E-state index in [1.165, 1.54) is 19.0 Å². The highest BCUT2D eigenvalue weighted by Gasteiger charge is 2.28. The molecule has 0 aromatic carbocycles. The molecule has 0 atom stereocenters. The van der Waals surface area contributed by atoms with E-state index in [1.54, 1.807) is 12.3 Å². The Morgan fingerprint density at radius 1 is 1.43 bits per heavy atom. The Morgan fingerprint density at radius 2 is 2.14 bits per heavy atom. The van der Waals surface area contributed by atoms with Crippen LogP contribution in [0.25, 0.3) is 0 Å². The van der Waals surface area contributed by atoms with Crippen LogP contribution in [0.5, 0.6) is 0 Å². The zero-order chi connectivity index (χ0) is 10.0. The molecule has 1 fully saturated rings. The van der Waals surface area contributed by atoms with Gasteiger partial charge in [0.2, 0.25) is 0 Å². The Balaban J connectivity index is 2.14. The van der Waals surface area contributed by atoms with Crippen molar-refractivity contribution in [2.75, 3.05) is 5.32 Å². The standard InChI is InChI=1S/C11H15FN2/c1-11(5-2-3-6-11)14-10-4-7-13-8-9(10)12/h4,7-8H,2-3,5-6H2,1H3,(H,13,14). The minimum absolute atomic E-state index is 0.0716. The van der Waals surface area contributed by atoms with Gasteiger partial charge in [0.25, 0.3) is 0 Å². The van der Waals surface area contributed by atoms with Crippen molar-refractivity contribution in [2.24, 2.45) is 0 Å². The third kappa shape index (κ3) is 1.86. The van der Waals surface area contributed by atoms with Crippen LogP contribution in [0.4, 0.5) is 10.1 Å². The van der Waals surface area contributed by atoms with Crippen molar-refractivity contribution in [1.29, 1.82) is 0 Å². The summed E-state index contributed by atoms with van der Waals surface area (Å²) in [4.78, 5) is 3.73. The first-order valence-electron chi connectivity index (χ1n) is 5.07. The lowest BCUT2D eigenvalue weighted by Crippen LogP contribution is -2.31. The zero-order valence-electron chi connectivity index (χ0n) is 8.39. The SMILES string of the molecule is CC1(Nc2ccncc2F)CCCC1. The second-order valence-electron chi connectivity index (χ2n) is 4.25. The first kappa shape index (κ1) is 9.44. The van der Waals surface area contributed by atoms with Gasteiger partial charge in [-0.2, -0.15) is 0 Å². The largest absolute Gasteiger partial charge is 0.377 e. The molecule has 1 saturated carbocycles. The molecule has 2 rings (SSSR count). The van der Waals surface area contributed by atoms with Gasteiger partial charge in [0.15, 0.2) is 5.82 Å². The third-order valence-electron chi connectivity index (χ3n) is 2.92. The molecule has 0 unspecified atom stereocenters. The van der Waals surface area contributed by atoms with Crippen LogP contribution in [0.1, 0.15) is 32.6 Å². The Bertz CT molecular complexity index is 319. The molecule has 0 bridgehead atoms. The second-order valence-corrected chi connectivity index (χ2v) is 4.25. The van der Waals surface area contributed by atoms with Gasteiger partial charge < -0.3 is 5.32 Å². The van der Waals surface area contributed by atoms with Gasteiger partial charge >= 0.3 is 0 Å². The number of aromatic nitrogens is 1. The van der Waals surface area contributed by atoms with E-state index in [-0.39, 0.29) is 11.4 Å². The normalized spacial score (nSPS) is 19.6. The fourth-order valence-electron chi connectivity index (χ4n) is 2.08. The van der Waals surface area contributed by atoms with Gasteiger partial charge in [0.05, 0.1) is 11.9 Å². The topological polar surface area (TPSA) is 24.9 Å². The van der Waals surface area contributed by atoms with Crippen molar-refractivity contribution < 1.29 is 4.39 Å². The summed E-state index contributed by atoms with van der Waals surface area (Å²) in [6.45, 7) is 2.15. The highest BCUT2D eigenvalue weighted by molar-refractivity contribution is 5.45. The van der Waals surface area contributed by atoms with E-state index in [4.69, 9.17) is 0 Å². The quantitative estimate of drug-likeness (QED) is 0.782. The van der Waals surface area contributed by atoms with Gasteiger partial charge in [-0.3, -0.25) is 4.98 Å². The first-order chi connectivity index (χ1) is 6.70. The molecule has 1 aliphatic carbocycles. The molecule has 1 N–H and O–H groups in total. The number of rotatable bonds is 2. The van der Waals surface area contributed by atoms with Crippen LogP contribution < -0.4 is 5.32 Å². The maximum atomic E-state index is 13.3. The van der Waals surface area contributed by atoms with Crippen LogP contribution in [-0.4, -0.2) is 10.5 Å². The third-order valence-corrected chi connectivity index (χ3v) is 2.92. The summed E-state index contributed by atoms with van der Waals surface area (Å²) >= 11 is 0. The highest BCUT2D eigenvalue weighted by atomic mass is 19.1. The summed E-state index contributed by atoms with van der Waals surface area (Å²) in [7, 11) is 0. The van der Waals surface area contributed by atoms with Crippen molar-refractivity contribution in [3.8, 4) is 0 Å². The monoisotopic (exact) mass is 194 g/mol. The number of anilines is 1. The number of halogens is 1. The second kappa shape index (κ2) is 3.56. The number of nitrogens with one attached hydrogen (secondary N) is 1. The van der Waals surface area contributed by atoms with E-state index in [0.29, 0.717) is 5.69 Å². The maximum Gasteiger partial charge on any atom is 0.164 e. The molecule has 0 radical (unpaired) electrons. The van der Waals surface area contributed by atoms with Gasteiger partial charge in [0.1, 0.15) is 0 Å². The molecular weight excluding hydrogens is 179 g/mol. The summed E-state index contributed by atoms with van der Waals surface area (Å²) in [5, 5.41) is 3.27.